The number of hydrogen-bond donors (Lipinski definition) is 0. The zero-order valence-electron chi connectivity index (χ0n) is 7.12. The molecule has 1 heterocycles. The largest absolute Gasteiger partial charge is 0.388 e. The van der Waals surface area contributed by atoms with Crippen molar-refractivity contribution in [3.63, 3.8) is 0 Å². The minimum Gasteiger partial charge on any atom is -0.388 e. The predicted octanol–water partition coefficient (Wildman–Crippen LogP) is 1.86. The molecule has 0 N–H and O–H groups in total. The van der Waals surface area contributed by atoms with Crippen molar-refractivity contribution in [2.75, 3.05) is 14.2 Å². The molecule has 13 heavy (non-hydrogen) atoms. The van der Waals surface area contributed by atoms with Crippen molar-refractivity contribution >= 4 is 29.5 Å². The molecule has 0 unspecified atom stereocenters. The van der Waals surface area contributed by atoms with Crippen molar-refractivity contribution in [2.45, 2.75) is 0 Å². The number of hydrogen-bond acceptors (Lipinski definition) is 4. The molecule has 0 spiro atoms. The van der Waals surface area contributed by atoms with Crippen LogP contribution >= 0.6 is 23.2 Å². The van der Waals surface area contributed by atoms with E-state index < -0.39 is 0 Å². The lowest BCUT2D eigenvalue weighted by Gasteiger charge is -1.91. The van der Waals surface area contributed by atoms with Crippen LogP contribution in [0.2, 0.25) is 10.4 Å². The van der Waals surface area contributed by atoms with Gasteiger partial charge in [-0.3, -0.25) is 4.79 Å². The topological polar surface area (TPSA) is 52.1 Å². The number of rotatable bonds is 1. The molecular weight excluding hydrogens is 215 g/mol. The normalized spacial score (nSPS) is 8.62. The predicted molar refractivity (Wildman–Crippen MR) is 50.4 cm³/mol. The van der Waals surface area contributed by atoms with E-state index in [-0.39, 0.29) is 16.1 Å². The summed E-state index contributed by atoms with van der Waals surface area (Å²) in [5.74, 6) is 0. The molecular formula is C7H8Cl2N2O2. The molecule has 4 nitrogen and oxygen atoms in total. The van der Waals surface area contributed by atoms with Crippen molar-refractivity contribution < 1.29 is 9.53 Å². The average molecular weight is 223 g/mol. The molecule has 1 aromatic rings. The smallest absolute Gasteiger partial charge is 0.224 e. The van der Waals surface area contributed by atoms with Crippen molar-refractivity contribution in [3.05, 3.63) is 22.2 Å². The Morgan fingerprint density at radius 1 is 1.38 bits per heavy atom. The Kier molecular flexibility index (Phi) is 6.40. The van der Waals surface area contributed by atoms with Gasteiger partial charge in [0.2, 0.25) is 5.28 Å². The van der Waals surface area contributed by atoms with Crippen LogP contribution in [0, 0.1) is 0 Å². The molecule has 0 bridgehead atoms. The summed E-state index contributed by atoms with van der Waals surface area (Å²) in [4.78, 5) is 17.2. The molecule has 0 aliphatic carbocycles. The highest BCUT2D eigenvalue weighted by atomic mass is 35.5. The van der Waals surface area contributed by atoms with E-state index in [0.29, 0.717) is 6.29 Å². The zero-order chi connectivity index (χ0) is 10.3. The molecule has 0 fully saturated rings. The number of carbonyl (C=O) groups is 1. The van der Waals surface area contributed by atoms with Gasteiger partial charge < -0.3 is 4.74 Å². The van der Waals surface area contributed by atoms with Gasteiger partial charge in [0.25, 0.3) is 0 Å². The summed E-state index contributed by atoms with van der Waals surface area (Å²) >= 11 is 10.8. The molecule has 1 aromatic heterocycles. The fourth-order valence-corrected chi connectivity index (χ4v) is 0.890. The Balaban J connectivity index is 0.000000424. The Hall–Kier alpha value is -0.710. The fourth-order valence-electron chi connectivity index (χ4n) is 0.467. The van der Waals surface area contributed by atoms with Crippen LogP contribution in [-0.2, 0) is 4.74 Å². The average Bonchev–Trinajstić information content (AvgIpc) is 2.04. The van der Waals surface area contributed by atoms with E-state index in [1.165, 1.54) is 6.07 Å². The summed E-state index contributed by atoms with van der Waals surface area (Å²) in [6.45, 7) is 0. The molecule has 0 amide bonds. The van der Waals surface area contributed by atoms with Crippen molar-refractivity contribution in [1.82, 2.24) is 9.97 Å². The van der Waals surface area contributed by atoms with Crippen LogP contribution < -0.4 is 0 Å². The van der Waals surface area contributed by atoms with Gasteiger partial charge in [-0.1, -0.05) is 11.6 Å². The number of halogens is 2. The summed E-state index contributed by atoms with van der Waals surface area (Å²) in [5.41, 5.74) is 0.185. The van der Waals surface area contributed by atoms with E-state index >= 15 is 0 Å². The molecule has 0 saturated heterocycles. The Labute approximate surface area is 85.9 Å². The third-order valence-electron chi connectivity index (χ3n) is 0.808. The molecule has 6 heteroatoms. The van der Waals surface area contributed by atoms with Gasteiger partial charge in [-0.15, -0.1) is 0 Å². The van der Waals surface area contributed by atoms with Gasteiger partial charge in [0.15, 0.2) is 6.29 Å². The maximum absolute atomic E-state index is 10.1. The van der Waals surface area contributed by atoms with Gasteiger partial charge in [-0.05, 0) is 11.6 Å². The van der Waals surface area contributed by atoms with E-state index in [1.54, 1.807) is 14.2 Å². The first-order valence-corrected chi connectivity index (χ1v) is 3.95. The lowest BCUT2D eigenvalue weighted by Crippen LogP contribution is -1.89. The van der Waals surface area contributed by atoms with E-state index in [4.69, 9.17) is 23.2 Å². The van der Waals surface area contributed by atoms with Gasteiger partial charge in [-0.25, -0.2) is 9.97 Å². The number of nitrogens with zero attached hydrogens (tertiary/aromatic N) is 2. The van der Waals surface area contributed by atoms with Crippen molar-refractivity contribution in [1.29, 1.82) is 0 Å². The summed E-state index contributed by atoms with van der Waals surface area (Å²) in [6, 6.07) is 1.33. The van der Waals surface area contributed by atoms with Crippen LogP contribution in [0.4, 0.5) is 0 Å². The second kappa shape index (κ2) is 6.77. The number of aromatic nitrogens is 2. The summed E-state index contributed by atoms with van der Waals surface area (Å²) in [5, 5.41) is 0.150. The van der Waals surface area contributed by atoms with Crippen LogP contribution in [0.25, 0.3) is 0 Å². The second-order valence-electron chi connectivity index (χ2n) is 1.91. The first-order chi connectivity index (χ1) is 6.13. The lowest BCUT2D eigenvalue weighted by atomic mass is 10.4. The highest BCUT2D eigenvalue weighted by Crippen LogP contribution is 2.08. The summed E-state index contributed by atoms with van der Waals surface area (Å²) in [6.07, 6.45) is 0.555. The number of methoxy groups -OCH3 is 1. The van der Waals surface area contributed by atoms with E-state index in [2.05, 4.69) is 14.7 Å². The van der Waals surface area contributed by atoms with Crippen LogP contribution in [-0.4, -0.2) is 30.5 Å². The molecule has 0 saturated carbocycles. The minimum absolute atomic E-state index is 0.0189. The van der Waals surface area contributed by atoms with E-state index in [0.717, 1.165) is 0 Å². The number of aldehydes is 1. The molecule has 1 rings (SSSR count). The van der Waals surface area contributed by atoms with Crippen LogP contribution in [0.3, 0.4) is 0 Å². The maximum atomic E-state index is 10.1. The molecule has 0 radical (unpaired) electrons. The Morgan fingerprint density at radius 3 is 2.31 bits per heavy atom. The Bertz CT molecular complexity index is 261. The molecule has 0 aliphatic heterocycles. The molecule has 0 aliphatic rings. The van der Waals surface area contributed by atoms with Crippen LogP contribution in [0.1, 0.15) is 10.5 Å². The van der Waals surface area contributed by atoms with Gasteiger partial charge in [-0.2, -0.15) is 0 Å². The quantitative estimate of drug-likeness (QED) is 0.414. The second-order valence-corrected chi connectivity index (χ2v) is 2.64. The monoisotopic (exact) mass is 222 g/mol. The van der Waals surface area contributed by atoms with E-state index in [9.17, 15) is 4.79 Å². The first kappa shape index (κ1) is 12.3. The molecule has 0 atom stereocenters. The minimum atomic E-state index is -0.0189. The standard InChI is InChI=1S/C5H2Cl2N2O.C2H6O/c6-4-1-3(2-10)8-5(7)9-4;1-3-2/h1-2H;1-2H3. The van der Waals surface area contributed by atoms with Gasteiger partial charge in [0.05, 0.1) is 0 Å². The van der Waals surface area contributed by atoms with Crippen molar-refractivity contribution in [2.24, 2.45) is 0 Å². The van der Waals surface area contributed by atoms with Gasteiger partial charge >= 0.3 is 0 Å². The summed E-state index contributed by atoms with van der Waals surface area (Å²) in [7, 11) is 3.25. The number of ether oxygens (including phenoxy) is 1. The van der Waals surface area contributed by atoms with Crippen molar-refractivity contribution in [3.8, 4) is 0 Å². The lowest BCUT2D eigenvalue weighted by molar-refractivity contribution is 0.111. The Morgan fingerprint density at radius 2 is 1.92 bits per heavy atom. The molecule has 72 valence electrons. The third-order valence-corrected chi connectivity index (χ3v) is 1.17. The SMILES string of the molecule is COC.O=Cc1cc(Cl)nc(Cl)n1. The van der Waals surface area contributed by atoms with Crippen LogP contribution in [0.5, 0.6) is 0 Å². The van der Waals surface area contributed by atoms with Crippen LogP contribution in [0.15, 0.2) is 6.07 Å². The third kappa shape index (κ3) is 5.52. The highest BCUT2D eigenvalue weighted by molar-refractivity contribution is 6.32. The maximum Gasteiger partial charge on any atom is 0.224 e. The fraction of sp³-hybridized carbons (Fsp3) is 0.286. The van der Waals surface area contributed by atoms with Gasteiger partial charge in [0.1, 0.15) is 10.8 Å². The number of carbonyl (C=O) groups excluding carboxylic acids is 1. The first-order valence-electron chi connectivity index (χ1n) is 3.19. The highest BCUT2D eigenvalue weighted by Gasteiger charge is 1.97. The van der Waals surface area contributed by atoms with E-state index in [1.807, 2.05) is 0 Å². The van der Waals surface area contributed by atoms with Gasteiger partial charge in [0, 0.05) is 20.3 Å². The molecule has 0 aromatic carbocycles. The zero-order valence-corrected chi connectivity index (χ0v) is 8.63. The summed E-state index contributed by atoms with van der Waals surface area (Å²) < 4.78 is 4.25.